The minimum absolute atomic E-state index is 0.478. The van der Waals surface area contributed by atoms with Crippen LogP contribution in [-0.4, -0.2) is 9.97 Å². The molecule has 0 unspecified atom stereocenters. The number of nitrogens with zero attached hydrogens (tertiary/aromatic N) is 2. The van der Waals surface area contributed by atoms with E-state index in [-0.39, 0.29) is 0 Å². The van der Waals surface area contributed by atoms with Gasteiger partial charge in [-0.1, -0.05) is 17.7 Å². The zero-order valence-corrected chi connectivity index (χ0v) is 10.9. The lowest BCUT2D eigenvalue weighted by Gasteiger charge is -2.06. The Bertz CT molecular complexity index is 514. The smallest absolute Gasteiger partial charge is 0.192 e. The van der Waals surface area contributed by atoms with Gasteiger partial charge < -0.3 is 5.73 Å². The molecule has 0 radical (unpaired) electrons. The van der Waals surface area contributed by atoms with Crippen molar-refractivity contribution in [2.75, 3.05) is 0 Å². The fourth-order valence-electron chi connectivity index (χ4n) is 1.32. The Labute approximate surface area is 109 Å². The van der Waals surface area contributed by atoms with Gasteiger partial charge in [-0.15, -0.1) is 0 Å². The largest absolute Gasteiger partial charge is 0.326 e. The van der Waals surface area contributed by atoms with Crippen molar-refractivity contribution in [2.24, 2.45) is 5.73 Å². The Morgan fingerprint density at radius 1 is 1.29 bits per heavy atom. The van der Waals surface area contributed by atoms with E-state index in [0.717, 1.165) is 16.0 Å². The monoisotopic (exact) mass is 265 g/mol. The average Bonchev–Trinajstić information content (AvgIpc) is 2.32. The molecule has 2 rings (SSSR count). The van der Waals surface area contributed by atoms with Crippen molar-refractivity contribution < 1.29 is 0 Å². The van der Waals surface area contributed by atoms with Crippen LogP contribution < -0.4 is 5.73 Å². The maximum atomic E-state index is 5.97. The third-order valence-electron chi connectivity index (χ3n) is 2.21. The van der Waals surface area contributed by atoms with Crippen LogP contribution >= 0.6 is 23.4 Å². The summed E-state index contributed by atoms with van der Waals surface area (Å²) in [5, 5.41) is 1.39. The van der Waals surface area contributed by atoms with Gasteiger partial charge in [-0.3, -0.25) is 0 Å². The predicted molar refractivity (Wildman–Crippen MR) is 70.2 cm³/mol. The van der Waals surface area contributed by atoms with E-state index >= 15 is 0 Å². The van der Waals surface area contributed by atoms with Crippen molar-refractivity contribution in [3.63, 3.8) is 0 Å². The molecule has 0 spiro atoms. The van der Waals surface area contributed by atoms with Crippen molar-refractivity contribution in [2.45, 2.75) is 23.5 Å². The minimum atomic E-state index is 0.478. The molecule has 0 amide bonds. The number of aromatic nitrogens is 2. The molecule has 3 nitrogen and oxygen atoms in total. The second-order valence-electron chi connectivity index (χ2n) is 3.60. The molecule has 17 heavy (non-hydrogen) atoms. The van der Waals surface area contributed by atoms with E-state index in [1.807, 2.05) is 25.1 Å². The first-order chi connectivity index (χ1) is 8.19. The number of rotatable bonds is 3. The predicted octanol–water partition coefficient (Wildman–Crippen LogP) is 3.05. The van der Waals surface area contributed by atoms with Crippen molar-refractivity contribution in [3.05, 3.63) is 46.7 Å². The highest BCUT2D eigenvalue weighted by molar-refractivity contribution is 7.99. The first-order valence-corrected chi connectivity index (χ1v) is 6.33. The third kappa shape index (κ3) is 3.19. The van der Waals surface area contributed by atoms with Gasteiger partial charge in [0.1, 0.15) is 0 Å². The van der Waals surface area contributed by atoms with E-state index in [2.05, 4.69) is 9.97 Å². The van der Waals surface area contributed by atoms with Crippen LogP contribution in [0, 0.1) is 6.92 Å². The molecular weight excluding hydrogens is 254 g/mol. The lowest BCUT2D eigenvalue weighted by molar-refractivity contribution is 0.945. The molecule has 2 N–H and O–H groups in total. The Balaban J connectivity index is 2.28. The normalized spacial score (nSPS) is 10.5. The molecule has 2 aromatic rings. The Kier molecular flexibility index (Phi) is 3.99. The molecule has 0 saturated heterocycles. The molecule has 88 valence electrons. The van der Waals surface area contributed by atoms with Gasteiger partial charge in [0.05, 0.1) is 0 Å². The van der Waals surface area contributed by atoms with Gasteiger partial charge >= 0.3 is 0 Å². The molecule has 0 bridgehead atoms. The number of hydrogen-bond donors (Lipinski definition) is 1. The van der Waals surface area contributed by atoms with Crippen LogP contribution in [0.3, 0.4) is 0 Å². The lowest BCUT2D eigenvalue weighted by Crippen LogP contribution is -1.98. The van der Waals surface area contributed by atoms with Gasteiger partial charge in [0.15, 0.2) is 5.16 Å². The second kappa shape index (κ2) is 5.49. The quantitative estimate of drug-likeness (QED) is 0.867. The van der Waals surface area contributed by atoms with E-state index < -0.39 is 0 Å². The van der Waals surface area contributed by atoms with Crippen molar-refractivity contribution in [3.8, 4) is 0 Å². The van der Waals surface area contributed by atoms with Gasteiger partial charge in [-0.2, -0.15) is 0 Å². The fourth-order valence-corrected chi connectivity index (χ4v) is 2.44. The second-order valence-corrected chi connectivity index (χ2v) is 5.05. The summed E-state index contributed by atoms with van der Waals surface area (Å²) in [5.41, 5.74) is 7.77. The first kappa shape index (κ1) is 12.4. The Hall–Kier alpha value is -1.10. The summed E-state index contributed by atoms with van der Waals surface area (Å²) in [7, 11) is 0. The minimum Gasteiger partial charge on any atom is -0.326 e. The molecule has 1 aromatic heterocycles. The van der Waals surface area contributed by atoms with E-state index in [0.29, 0.717) is 16.7 Å². The molecule has 1 aromatic carbocycles. The van der Waals surface area contributed by atoms with E-state index in [1.54, 1.807) is 12.4 Å². The lowest BCUT2D eigenvalue weighted by atomic mass is 10.2. The molecular formula is C12H12ClN3S. The van der Waals surface area contributed by atoms with Gasteiger partial charge in [0, 0.05) is 28.9 Å². The van der Waals surface area contributed by atoms with Crippen LogP contribution in [0.25, 0.3) is 0 Å². The zero-order chi connectivity index (χ0) is 12.3. The fraction of sp³-hybridized carbons (Fsp3) is 0.167. The topological polar surface area (TPSA) is 51.8 Å². The van der Waals surface area contributed by atoms with Crippen LogP contribution in [0.5, 0.6) is 0 Å². The molecule has 1 heterocycles. The van der Waals surface area contributed by atoms with Crippen molar-refractivity contribution >= 4 is 23.4 Å². The van der Waals surface area contributed by atoms with E-state index in [4.69, 9.17) is 17.3 Å². The zero-order valence-electron chi connectivity index (χ0n) is 9.35. The van der Waals surface area contributed by atoms with Gasteiger partial charge in [-0.25, -0.2) is 9.97 Å². The number of nitrogens with two attached hydrogens (primary N) is 1. The summed E-state index contributed by atoms with van der Waals surface area (Å²) in [5.74, 6) is 0. The van der Waals surface area contributed by atoms with Crippen LogP contribution in [0.15, 0.2) is 40.6 Å². The number of halogens is 1. The van der Waals surface area contributed by atoms with Crippen molar-refractivity contribution in [1.29, 1.82) is 0 Å². The summed E-state index contributed by atoms with van der Waals surface area (Å²) in [6.45, 7) is 2.44. The average molecular weight is 266 g/mol. The van der Waals surface area contributed by atoms with Crippen molar-refractivity contribution in [1.82, 2.24) is 9.97 Å². The van der Waals surface area contributed by atoms with E-state index in [1.165, 1.54) is 11.8 Å². The highest BCUT2D eigenvalue weighted by Crippen LogP contribution is 2.30. The molecule has 0 atom stereocenters. The molecule has 0 aliphatic rings. The van der Waals surface area contributed by atoms with Gasteiger partial charge in [0.25, 0.3) is 0 Å². The number of hydrogen-bond acceptors (Lipinski definition) is 4. The molecule has 0 fully saturated rings. The highest BCUT2D eigenvalue weighted by Gasteiger charge is 2.06. The molecule has 0 aliphatic heterocycles. The van der Waals surface area contributed by atoms with Crippen LogP contribution in [0.2, 0.25) is 5.02 Å². The Morgan fingerprint density at radius 3 is 2.65 bits per heavy atom. The standard InChI is InChI=1S/C12H12ClN3S/c1-8-6-15-12(16-7-8)17-11-4-10(13)3-2-9(11)5-14/h2-4,6-7H,5,14H2,1H3. The summed E-state index contributed by atoms with van der Waals surface area (Å²) in [6, 6.07) is 5.65. The SMILES string of the molecule is Cc1cnc(Sc2cc(Cl)ccc2CN)nc1. The summed E-state index contributed by atoms with van der Waals surface area (Å²) >= 11 is 7.45. The summed E-state index contributed by atoms with van der Waals surface area (Å²) < 4.78 is 0. The third-order valence-corrected chi connectivity index (χ3v) is 3.44. The number of aryl methyl sites for hydroxylation is 1. The molecule has 0 saturated carbocycles. The molecule has 0 aliphatic carbocycles. The van der Waals surface area contributed by atoms with Crippen LogP contribution in [0.4, 0.5) is 0 Å². The highest BCUT2D eigenvalue weighted by atomic mass is 35.5. The Morgan fingerprint density at radius 2 is 2.00 bits per heavy atom. The number of benzene rings is 1. The molecule has 5 heteroatoms. The van der Waals surface area contributed by atoms with Gasteiger partial charge in [0.2, 0.25) is 0 Å². The van der Waals surface area contributed by atoms with Crippen LogP contribution in [0.1, 0.15) is 11.1 Å². The first-order valence-electron chi connectivity index (χ1n) is 5.14. The maximum Gasteiger partial charge on any atom is 0.192 e. The summed E-state index contributed by atoms with van der Waals surface area (Å²) in [4.78, 5) is 9.50. The summed E-state index contributed by atoms with van der Waals surface area (Å²) in [6.07, 6.45) is 3.59. The maximum absolute atomic E-state index is 5.97. The van der Waals surface area contributed by atoms with E-state index in [9.17, 15) is 0 Å². The van der Waals surface area contributed by atoms with Crippen LogP contribution in [-0.2, 0) is 6.54 Å². The van der Waals surface area contributed by atoms with Gasteiger partial charge in [-0.05, 0) is 41.9 Å².